The summed E-state index contributed by atoms with van der Waals surface area (Å²) in [4.78, 5) is 0. The summed E-state index contributed by atoms with van der Waals surface area (Å²) in [6.45, 7) is 0.648. The number of rotatable bonds is 6. The molecule has 96 valence electrons. The fourth-order valence-corrected chi connectivity index (χ4v) is 2.34. The van der Waals surface area contributed by atoms with Crippen LogP contribution in [0.5, 0.6) is 5.75 Å². The van der Waals surface area contributed by atoms with Crippen LogP contribution in [0.2, 0.25) is 5.02 Å². The Labute approximate surface area is 115 Å². The summed E-state index contributed by atoms with van der Waals surface area (Å²) >= 11 is 7.44. The molecule has 0 bridgehead atoms. The van der Waals surface area contributed by atoms with Gasteiger partial charge in [-0.1, -0.05) is 29.0 Å². The van der Waals surface area contributed by atoms with Gasteiger partial charge in [0.15, 0.2) is 0 Å². The molecule has 6 heteroatoms. The number of nitrogens with zero attached hydrogens (tertiary/aromatic N) is 2. The van der Waals surface area contributed by atoms with Crippen molar-refractivity contribution in [3.05, 3.63) is 34.3 Å². The Morgan fingerprint density at radius 3 is 3.00 bits per heavy atom. The predicted octanol–water partition coefficient (Wildman–Crippen LogP) is 3.24. The second-order valence-electron chi connectivity index (χ2n) is 3.66. The number of ether oxygens (including phenoxy) is 1. The standard InChI is InChI=1S/C12H14ClN3OS/c1-14-12-16-15-11(18-12)6-3-7-17-10-5-2-4-9(13)8-10/h2,4-5,8H,3,6-7H2,1H3,(H,14,16). The van der Waals surface area contributed by atoms with Crippen LogP contribution in [0.25, 0.3) is 0 Å². The zero-order chi connectivity index (χ0) is 12.8. The van der Waals surface area contributed by atoms with Crippen LogP contribution in [0.15, 0.2) is 24.3 Å². The van der Waals surface area contributed by atoms with Gasteiger partial charge in [0.05, 0.1) is 6.61 Å². The van der Waals surface area contributed by atoms with Crippen LogP contribution in [0.3, 0.4) is 0 Å². The molecule has 0 atom stereocenters. The Hall–Kier alpha value is -1.33. The second kappa shape index (κ2) is 6.56. The molecule has 2 rings (SSSR count). The molecular formula is C12H14ClN3OS. The molecule has 0 aliphatic rings. The van der Waals surface area contributed by atoms with Gasteiger partial charge in [-0.2, -0.15) is 0 Å². The molecule has 1 aromatic heterocycles. The molecule has 1 N–H and O–H groups in total. The number of nitrogens with one attached hydrogen (secondary N) is 1. The molecule has 2 aromatic rings. The van der Waals surface area contributed by atoms with Crippen LogP contribution in [-0.4, -0.2) is 23.9 Å². The van der Waals surface area contributed by atoms with E-state index in [9.17, 15) is 0 Å². The Bertz CT molecular complexity index is 504. The first-order chi connectivity index (χ1) is 8.78. The summed E-state index contributed by atoms with van der Waals surface area (Å²) in [7, 11) is 1.84. The Kier molecular flexibility index (Phi) is 4.78. The molecule has 18 heavy (non-hydrogen) atoms. The zero-order valence-corrected chi connectivity index (χ0v) is 11.6. The SMILES string of the molecule is CNc1nnc(CCCOc2cccc(Cl)c2)s1. The highest BCUT2D eigenvalue weighted by atomic mass is 35.5. The number of halogens is 1. The molecule has 1 heterocycles. The number of aryl methyl sites for hydroxylation is 1. The number of aromatic nitrogens is 2. The number of hydrogen-bond acceptors (Lipinski definition) is 5. The lowest BCUT2D eigenvalue weighted by molar-refractivity contribution is 0.311. The van der Waals surface area contributed by atoms with Crippen molar-refractivity contribution in [2.45, 2.75) is 12.8 Å². The van der Waals surface area contributed by atoms with E-state index in [1.807, 2.05) is 31.3 Å². The molecule has 0 aliphatic heterocycles. The molecule has 0 saturated heterocycles. The molecule has 0 unspecified atom stereocenters. The van der Waals surface area contributed by atoms with Crippen molar-refractivity contribution in [2.24, 2.45) is 0 Å². The average molecular weight is 284 g/mol. The third kappa shape index (κ3) is 3.85. The first-order valence-electron chi connectivity index (χ1n) is 5.66. The van der Waals surface area contributed by atoms with E-state index in [2.05, 4.69) is 15.5 Å². The Morgan fingerprint density at radius 2 is 2.28 bits per heavy atom. The van der Waals surface area contributed by atoms with Crippen molar-refractivity contribution in [3.63, 3.8) is 0 Å². The van der Waals surface area contributed by atoms with Crippen molar-refractivity contribution in [3.8, 4) is 5.75 Å². The largest absolute Gasteiger partial charge is 0.494 e. The summed E-state index contributed by atoms with van der Waals surface area (Å²) in [5.41, 5.74) is 0. The van der Waals surface area contributed by atoms with Crippen LogP contribution in [-0.2, 0) is 6.42 Å². The van der Waals surface area contributed by atoms with Gasteiger partial charge < -0.3 is 10.1 Å². The van der Waals surface area contributed by atoms with E-state index in [4.69, 9.17) is 16.3 Å². The molecule has 0 radical (unpaired) electrons. The van der Waals surface area contributed by atoms with Gasteiger partial charge in [-0.15, -0.1) is 10.2 Å². The third-order valence-electron chi connectivity index (χ3n) is 2.28. The van der Waals surface area contributed by atoms with E-state index >= 15 is 0 Å². The highest BCUT2D eigenvalue weighted by molar-refractivity contribution is 7.15. The zero-order valence-electron chi connectivity index (χ0n) is 10.0. The van der Waals surface area contributed by atoms with Crippen LogP contribution >= 0.6 is 22.9 Å². The van der Waals surface area contributed by atoms with Crippen LogP contribution < -0.4 is 10.1 Å². The first kappa shape index (κ1) is 13.1. The van der Waals surface area contributed by atoms with Gasteiger partial charge in [0.25, 0.3) is 0 Å². The van der Waals surface area contributed by atoms with Gasteiger partial charge in [0.2, 0.25) is 5.13 Å². The molecule has 0 saturated carbocycles. The van der Waals surface area contributed by atoms with E-state index in [-0.39, 0.29) is 0 Å². The summed E-state index contributed by atoms with van der Waals surface area (Å²) in [6, 6.07) is 7.41. The Morgan fingerprint density at radius 1 is 1.39 bits per heavy atom. The minimum absolute atomic E-state index is 0.648. The lowest BCUT2D eigenvalue weighted by Gasteiger charge is -2.05. The van der Waals surface area contributed by atoms with E-state index in [0.717, 1.165) is 28.7 Å². The molecular weight excluding hydrogens is 270 g/mol. The van der Waals surface area contributed by atoms with Crippen molar-refractivity contribution in [1.29, 1.82) is 0 Å². The second-order valence-corrected chi connectivity index (χ2v) is 5.16. The fraction of sp³-hybridized carbons (Fsp3) is 0.333. The molecule has 1 aromatic carbocycles. The van der Waals surface area contributed by atoms with Gasteiger partial charge in [-0.25, -0.2) is 0 Å². The fourth-order valence-electron chi connectivity index (χ4n) is 1.43. The summed E-state index contributed by atoms with van der Waals surface area (Å²) < 4.78 is 5.60. The van der Waals surface area contributed by atoms with Crippen molar-refractivity contribution >= 4 is 28.1 Å². The van der Waals surface area contributed by atoms with Crippen molar-refractivity contribution in [2.75, 3.05) is 19.0 Å². The van der Waals surface area contributed by atoms with E-state index in [1.165, 1.54) is 0 Å². The highest BCUT2D eigenvalue weighted by Gasteiger charge is 2.02. The van der Waals surface area contributed by atoms with Crippen molar-refractivity contribution < 1.29 is 4.74 Å². The van der Waals surface area contributed by atoms with Gasteiger partial charge in [-0.05, 0) is 24.6 Å². The van der Waals surface area contributed by atoms with Crippen LogP contribution in [0, 0.1) is 0 Å². The summed E-state index contributed by atoms with van der Waals surface area (Å²) in [5.74, 6) is 0.802. The normalized spacial score (nSPS) is 10.3. The van der Waals surface area contributed by atoms with E-state index in [1.54, 1.807) is 11.3 Å². The number of hydrogen-bond donors (Lipinski definition) is 1. The summed E-state index contributed by atoms with van der Waals surface area (Å²) in [6.07, 6.45) is 1.78. The first-order valence-corrected chi connectivity index (χ1v) is 6.86. The molecule has 0 fully saturated rings. The minimum Gasteiger partial charge on any atom is -0.494 e. The van der Waals surface area contributed by atoms with E-state index < -0.39 is 0 Å². The predicted molar refractivity (Wildman–Crippen MR) is 74.7 cm³/mol. The van der Waals surface area contributed by atoms with Gasteiger partial charge in [0.1, 0.15) is 10.8 Å². The van der Waals surface area contributed by atoms with Crippen LogP contribution in [0.1, 0.15) is 11.4 Å². The van der Waals surface area contributed by atoms with Gasteiger partial charge >= 0.3 is 0 Å². The number of benzene rings is 1. The lowest BCUT2D eigenvalue weighted by Crippen LogP contribution is -1.99. The minimum atomic E-state index is 0.648. The molecule has 0 aliphatic carbocycles. The van der Waals surface area contributed by atoms with E-state index in [0.29, 0.717) is 11.6 Å². The molecule has 0 amide bonds. The average Bonchev–Trinajstić information content (AvgIpc) is 2.83. The number of anilines is 1. The van der Waals surface area contributed by atoms with Gasteiger partial charge in [-0.3, -0.25) is 0 Å². The maximum atomic E-state index is 5.87. The lowest BCUT2D eigenvalue weighted by atomic mass is 10.3. The molecule has 4 nitrogen and oxygen atoms in total. The van der Waals surface area contributed by atoms with Crippen molar-refractivity contribution in [1.82, 2.24) is 10.2 Å². The maximum absolute atomic E-state index is 5.87. The van der Waals surface area contributed by atoms with Gasteiger partial charge in [0, 0.05) is 18.5 Å². The monoisotopic (exact) mass is 283 g/mol. The molecule has 0 spiro atoms. The maximum Gasteiger partial charge on any atom is 0.205 e. The third-order valence-corrected chi connectivity index (χ3v) is 3.52. The van der Waals surface area contributed by atoms with Crippen LogP contribution in [0.4, 0.5) is 5.13 Å². The topological polar surface area (TPSA) is 47.0 Å². The highest BCUT2D eigenvalue weighted by Crippen LogP contribution is 2.18. The smallest absolute Gasteiger partial charge is 0.205 e. The summed E-state index contributed by atoms with van der Waals surface area (Å²) in [5, 5.41) is 13.6. The Balaban J connectivity index is 1.72. The quantitative estimate of drug-likeness (QED) is 0.827.